The van der Waals surface area contributed by atoms with Gasteiger partial charge < -0.3 is 10.4 Å². The molecule has 0 bridgehead atoms. The van der Waals surface area contributed by atoms with Crippen LogP contribution < -0.4 is 5.32 Å². The number of halogens is 1. The van der Waals surface area contributed by atoms with Crippen LogP contribution in [0, 0.1) is 5.41 Å². The lowest BCUT2D eigenvalue weighted by atomic mass is 9.89. The van der Waals surface area contributed by atoms with Crippen molar-refractivity contribution in [3.05, 3.63) is 47.2 Å². The van der Waals surface area contributed by atoms with Crippen LogP contribution in [0.25, 0.3) is 5.69 Å². The summed E-state index contributed by atoms with van der Waals surface area (Å²) in [5.74, 6) is -0.211. The Morgan fingerprint density at radius 3 is 2.78 bits per heavy atom. The smallest absolute Gasteiger partial charge is 0.271 e. The molecule has 1 aromatic heterocycles. The molecule has 0 unspecified atom stereocenters. The maximum absolute atomic E-state index is 12.1. The van der Waals surface area contributed by atoms with E-state index in [1.165, 1.54) is 0 Å². The van der Waals surface area contributed by atoms with Crippen LogP contribution in [-0.4, -0.2) is 33.9 Å². The summed E-state index contributed by atoms with van der Waals surface area (Å²) in [5, 5.41) is 16.9. The molecule has 6 heteroatoms. The third-order valence-electron chi connectivity index (χ3n) is 3.66. The molecular weight excluding hydrogens is 314 g/mol. The van der Waals surface area contributed by atoms with Gasteiger partial charge in [-0.2, -0.15) is 5.10 Å². The van der Waals surface area contributed by atoms with Gasteiger partial charge in [-0.1, -0.05) is 37.6 Å². The van der Waals surface area contributed by atoms with Crippen LogP contribution in [0.5, 0.6) is 0 Å². The van der Waals surface area contributed by atoms with Crippen molar-refractivity contribution in [3.63, 3.8) is 0 Å². The van der Waals surface area contributed by atoms with E-state index in [9.17, 15) is 9.90 Å². The summed E-state index contributed by atoms with van der Waals surface area (Å²) in [4.78, 5) is 12.1. The van der Waals surface area contributed by atoms with E-state index >= 15 is 0 Å². The molecule has 124 valence electrons. The second-order valence-electron chi connectivity index (χ2n) is 6.28. The fourth-order valence-corrected chi connectivity index (χ4v) is 2.38. The number of hydrogen-bond acceptors (Lipinski definition) is 3. The number of carbonyl (C=O) groups excluding carboxylic acids is 1. The molecule has 2 N–H and O–H groups in total. The molecule has 0 saturated carbocycles. The molecule has 5 nitrogen and oxygen atoms in total. The van der Waals surface area contributed by atoms with Crippen molar-refractivity contribution >= 4 is 17.5 Å². The van der Waals surface area contributed by atoms with Crippen molar-refractivity contribution in [1.29, 1.82) is 0 Å². The fraction of sp³-hybridized carbons (Fsp3) is 0.412. The summed E-state index contributed by atoms with van der Waals surface area (Å²) in [6.07, 6.45) is 3.37. The Kier molecular flexibility index (Phi) is 5.80. The number of hydrogen-bond donors (Lipinski definition) is 2. The molecular formula is C17H22ClN3O2. The van der Waals surface area contributed by atoms with Gasteiger partial charge in [0.15, 0.2) is 5.69 Å². The standard InChI is InChI=1S/C17H22ClN3O2/c1-17(2,12-22)9-5-10-19-16(23)14-8-11-21(20-14)15-7-4-3-6-13(15)18/h3-4,6-8,11,22H,5,9-10,12H2,1-2H3,(H,19,23). The topological polar surface area (TPSA) is 67.2 Å². The molecule has 23 heavy (non-hydrogen) atoms. The second-order valence-corrected chi connectivity index (χ2v) is 6.69. The van der Waals surface area contributed by atoms with Crippen molar-refractivity contribution in [2.45, 2.75) is 26.7 Å². The predicted molar refractivity (Wildman–Crippen MR) is 91.0 cm³/mol. The van der Waals surface area contributed by atoms with Gasteiger partial charge in [-0.25, -0.2) is 4.68 Å². The number of nitrogens with one attached hydrogen (secondary N) is 1. The van der Waals surface area contributed by atoms with Crippen molar-refractivity contribution in [3.8, 4) is 5.69 Å². The molecule has 0 fully saturated rings. The Morgan fingerprint density at radius 2 is 2.09 bits per heavy atom. The Morgan fingerprint density at radius 1 is 1.35 bits per heavy atom. The van der Waals surface area contributed by atoms with E-state index in [0.717, 1.165) is 18.5 Å². The van der Waals surface area contributed by atoms with Crippen molar-refractivity contribution < 1.29 is 9.90 Å². The van der Waals surface area contributed by atoms with E-state index in [4.69, 9.17) is 11.6 Å². The van der Waals surface area contributed by atoms with Crippen LogP contribution in [0.2, 0.25) is 5.02 Å². The third kappa shape index (κ3) is 4.81. The van der Waals surface area contributed by atoms with Gasteiger partial charge in [-0.05, 0) is 36.5 Å². The highest BCUT2D eigenvalue weighted by Crippen LogP contribution is 2.21. The summed E-state index contributed by atoms with van der Waals surface area (Å²) in [6.45, 7) is 4.70. The average molecular weight is 336 g/mol. The number of aliphatic hydroxyl groups is 1. The first-order chi connectivity index (χ1) is 10.9. The molecule has 0 spiro atoms. The minimum Gasteiger partial charge on any atom is -0.396 e. The van der Waals surface area contributed by atoms with Gasteiger partial charge in [-0.3, -0.25) is 4.79 Å². The molecule has 2 rings (SSSR count). The molecule has 0 aliphatic rings. The number of nitrogens with zero attached hydrogens (tertiary/aromatic N) is 2. The lowest BCUT2D eigenvalue weighted by molar-refractivity contribution is 0.0943. The maximum Gasteiger partial charge on any atom is 0.271 e. The Labute approximate surface area is 141 Å². The van der Waals surface area contributed by atoms with Gasteiger partial charge in [0.2, 0.25) is 0 Å². The van der Waals surface area contributed by atoms with E-state index in [1.807, 2.05) is 32.0 Å². The van der Waals surface area contributed by atoms with Crippen LogP contribution in [0.3, 0.4) is 0 Å². The number of para-hydroxylation sites is 1. The molecule has 1 aromatic carbocycles. The van der Waals surface area contributed by atoms with Crippen LogP contribution in [0.1, 0.15) is 37.2 Å². The molecule has 1 heterocycles. The fourth-order valence-electron chi connectivity index (χ4n) is 2.16. The first kappa shape index (κ1) is 17.5. The van der Waals surface area contributed by atoms with E-state index in [1.54, 1.807) is 23.0 Å². The number of carbonyl (C=O) groups is 1. The van der Waals surface area contributed by atoms with E-state index < -0.39 is 0 Å². The van der Waals surface area contributed by atoms with Crippen LogP contribution in [-0.2, 0) is 0 Å². The molecule has 0 aliphatic carbocycles. The second kappa shape index (κ2) is 7.62. The highest BCUT2D eigenvalue weighted by Gasteiger charge is 2.16. The van der Waals surface area contributed by atoms with Crippen LogP contribution >= 0.6 is 11.6 Å². The Balaban J connectivity index is 1.91. The lowest BCUT2D eigenvalue weighted by Crippen LogP contribution is -2.26. The highest BCUT2D eigenvalue weighted by molar-refractivity contribution is 6.32. The summed E-state index contributed by atoms with van der Waals surface area (Å²) >= 11 is 6.12. The molecule has 0 saturated heterocycles. The normalized spacial score (nSPS) is 11.5. The number of benzene rings is 1. The monoisotopic (exact) mass is 335 g/mol. The van der Waals surface area contributed by atoms with Gasteiger partial charge >= 0.3 is 0 Å². The zero-order chi connectivity index (χ0) is 16.9. The van der Waals surface area contributed by atoms with Crippen molar-refractivity contribution in [2.75, 3.05) is 13.2 Å². The Bertz CT molecular complexity index is 667. The zero-order valence-electron chi connectivity index (χ0n) is 13.4. The Hall–Kier alpha value is -1.85. The van der Waals surface area contributed by atoms with Crippen molar-refractivity contribution in [2.24, 2.45) is 5.41 Å². The zero-order valence-corrected chi connectivity index (χ0v) is 14.2. The first-order valence-electron chi connectivity index (χ1n) is 7.62. The maximum atomic E-state index is 12.1. The third-order valence-corrected chi connectivity index (χ3v) is 3.98. The van der Waals surface area contributed by atoms with E-state index in [0.29, 0.717) is 17.3 Å². The molecule has 0 aliphatic heterocycles. The summed E-state index contributed by atoms with van der Waals surface area (Å²) in [5.41, 5.74) is 0.973. The number of aromatic nitrogens is 2. The number of aliphatic hydroxyl groups excluding tert-OH is 1. The molecule has 0 radical (unpaired) electrons. The highest BCUT2D eigenvalue weighted by atomic mass is 35.5. The summed E-state index contributed by atoms with van der Waals surface area (Å²) < 4.78 is 1.59. The van der Waals surface area contributed by atoms with Gasteiger partial charge in [0, 0.05) is 19.3 Å². The summed E-state index contributed by atoms with van der Waals surface area (Å²) in [6, 6.07) is 8.99. The van der Waals surface area contributed by atoms with Gasteiger partial charge in [-0.15, -0.1) is 0 Å². The molecule has 0 atom stereocenters. The van der Waals surface area contributed by atoms with Gasteiger partial charge in [0.1, 0.15) is 0 Å². The van der Waals surface area contributed by atoms with E-state index in [-0.39, 0.29) is 17.9 Å². The minimum absolute atomic E-state index is 0.115. The van der Waals surface area contributed by atoms with E-state index in [2.05, 4.69) is 10.4 Å². The first-order valence-corrected chi connectivity index (χ1v) is 8.00. The predicted octanol–water partition coefficient (Wildman–Crippen LogP) is 3.05. The average Bonchev–Trinajstić information content (AvgIpc) is 3.01. The number of amides is 1. The molecule has 1 amide bonds. The molecule has 2 aromatic rings. The number of rotatable bonds is 7. The largest absolute Gasteiger partial charge is 0.396 e. The van der Waals surface area contributed by atoms with Crippen LogP contribution in [0.15, 0.2) is 36.5 Å². The minimum atomic E-state index is -0.211. The van der Waals surface area contributed by atoms with Crippen LogP contribution in [0.4, 0.5) is 0 Å². The SMILES string of the molecule is CC(C)(CO)CCCNC(=O)c1ccn(-c2ccccc2Cl)n1. The lowest BCUT2D eigenvalue weighted by Gasteiger charge is -2.21. The van der Waals surface area contributed by atoms with Gasteiger partial charge in [0.05, 0.1) is 10.7 Å². The quantitative estimate of drug-likeness (QED) is 0.764. The van der Waals surface area contributed by atoms with Crippen molar-refractivity contribution in [1.82, 2.24) is 15.1 Å². The summed E-state index contributed by atoms with van der Waals surface area (Å²) in [7, 11) is 0. The van der Waals surface area contributed by atoms with Gasteiger partial charge in [0.25, 0.3) is 5.91 Å².